The number of carboxylic acid groups (broad SMARTS) is 1. The molecule has 2 aromatic heterocycles. The van der Waals surface area contributed by atoms with Gasteiger partial charge in [0.05, 0.1) is 11.2 Å². The van der Waals surface area contributed by atoms with E-state index in [1.807, 2.05) is 36.4 Å². The lowest BCUT2D eigenvalue weighted by Crippen LogP contribution is -2.09. The molecule has 0 aliphatic heterocycles. The first-order valence-corrected chi connectivity index (χ1v) is 7.58. The molecule has 0 saturated heterocycles. The minimum Gasteiger partial charge on any atom is -0.463 e. The summed E-state index contributed by atoms with van der Waals surface area (Å²) in [5, 5.41) is 24.4. The summed E-state index contributed by atoms with van der Waals surface area (Å²) in [6.07, 6.45) is -1.13. The van der Waals surface area contributed by atoms with Crippen molar-refractivity contribution in [2.45, 2.75) is 6.92 Å². The Kier molecular flexibility index (Phi) is 3.21. The Morgan fingerprint density at radius 1 is 1.08 bits per heavy atom. The average molecular weight is 339 g/mol. The molecule has 118 valence electrons. The molecular formula is C17H11ClN4O2. The molecule has 0 atom stereocenters. The van der Waals surface area contributed by atoms with Gasteiger partial charge in [0.15, 0.2) is 5.15 Å². The van der Waals surface area contributed by atoms with Crippen LogP contribution in [0.3, 0.4) is 0 Å². The summed E-state index contributed by atoms with van der Waals surface area (Å²) in [5.74, 6) is 0. The highest BCUT2D eigenvalue weighted by molar-refractivity contribution is 6.34. The molecule has 1 N–H and O–H groups in total. The van der Waals surface area contributed by atoms with E-state index in [0.717, 1.165) is 26.4 Å². The molecule has 0 saturated carbocycles. The second-order valence-corrected chi connectivity index (χ2v) is 5.75. The third kappa shape index (κ3) is 2.11. The van der Waals surface area contributed by atoms with Crippen molar-refractivity contribution in [1.82, 2.24) is 20.0 Å². The van der Waals surface area contributed by atoms with Gasteiger partial charge in [0.2, 0.25) is 0 Å². The highest BCUT2D eigenvalue weighted by atomic mass is 35.5. The molecule has 0 amide bonds. The number of aryl methyl sites for hydroxylation is 1. The van der Waals surface area contributed by atoms with Crippen LogP contribution < -0.4 is 0 Å². The van der Waals surface area contributed by atoms with Gasteiger partial charge in [0.1, 0.15) is 5.69 Å². The molecule has 24 heavy (non-hydrogen) atoms. The van der Waals surface area contributed by atoms with Crippen molar-refractivity contribution in [2.75, 3.05) is 0 Å². The molecule has 0 radical (unpaired) electrons. The standard InChI is InChI=1S/C17H11ClN4O2/c1-9-11-7-6-10(8-14(11)22(21-9)17(23)24)15-12-4-2-3-5-13(12)16(18)20-19-15/h2-8H,1H3,(H,23,24). The van der Waals surface area contributed by atoms with Crippen molar-refractivity contribution in [3.05, 3.63) is 53.3 Å². The van der Waals surface area contributed by atoms with E-state index in [9.17, 15) is 9.90 Å². The Morgan fingerprint density at radius 2 is 1.83 bits per heavy atom. The van der Waals surface area contributed by atoms with Crippen molar-refractivity contribution < 1.29 is 9.90 Å². The van der Waals surface area contributed by atoms with Gasteiger partial charge in [-0.2, -0.15) is 9.78 Å². The number of nitrogens with zero attached hydrogens (tertiary/aromatic N) is 4. The molecular weight excluding hydrogens is 328 g/mol. The van der Waals surface area contributed by atoms with E-state index in [1.165, 1.54) is 0 Å². The lowest BCUT2D eigenvalue weighted by Gasteiger charge is -2.07. The summed E-state index contributed by atoms with van der Waals surface area (Å²) >= 11 is 6.12. The van der Waals surface area contributed by atoms with Gasteiger partial charge >= 0.3 is 6.09 Å². The van der Waals surface area contributed by atoms with Gasteiger partial charge in [-0.1, -0.05) is 48.0 Å². The number of carbonyl (C=O) groups is 1. The number of fused-ring (bicyclic) bond motifs is 2. The third-order valence-corrected chi connectivity index (χ3v) is 4.24. The van der Waals surface area contributed by atoms with Crippen LogP contribution in [0, 0.1) is 6.92 Å². The maximum absolute atomic E-state index is 11.4. The lowest BCUT2D eigenvalue weighted by molar-refractivity contribution is 0.194. The molecule has 6 nitrogen and oxygen atoms in total. The van der Waals surface area contributed by atoms with E-state index >= 15 is 0 Å². The Morgan fingerprint density at radius 3 is 2.58 bits per heavy atom. The minimum absolute atomic E-state index is 0.335. The van der Waals surface area contributed by atoms with Crippen LogP contribution in [0.25, 0.3) is 32.9 Å². The van der Waals surface area contributed by atoms with E-state index in [1.54, 1.807) is 13.0 Å². The number of hydrogen-bond donors (Lipinski definition) is 1. The highest BCUT2D eigenvalue weighted by Crippen LogP contribution is 2.31. The molecule has 2 aromatic carbocycles. The number of halogens is 1. The fourth-order valence-electron chi connectivity index (χ4n) is 2.85. The van der Waals surface area contributed by atoms with Gasteiger partial charge in [-0.05, 0) is 13.0 Å². The smallest absolute Gasteiger partial charge is 0.432 e. The molecule has 2 heterocycles. The molecule has 0 aliphatic carbocycles. The zero-order valence-corrected chi connectivity index (χ0v) is 13.3. The summed E-state index contributed by atoms with van der Waals surface area (Å²) < 4.78 is 0.972. The summed E-state index contributed by atoms with van der Waals surface area (Å²) in [5.41, 5.74) is 2.57. The van der Waals surface area contributed by atoms with Crippen molar-refractivity contribution in [3.8, 4) is 11.3 Å². The van der Waals surface area contributed by atoms with Crippen molar-refractivity contribution in [2.24, 2.45) is 0 Å². The molecule has 4 aromatic rings. The first-order valence-electron chi connectivity index (χ1n) is 7.20. The zero-order valence-electron chi connectivity index (χ0n) is 12.6. The first-order chi connectivity index (χ1) is 11.6. The van der Waals surface area contributed by atoms with Crippen LogP contribution in [0.2, 0.25) is 5.15 Å². The second-order valence-electron chi connectivity index (χ2n) is 5.40. The van der Waals surface area contributed by atoms with Crippen LogP contribution in [0.1, 0.15) is 5.69 Å². The van der Waals surface area contributed by atoms with Crippen LogP contribution >= 0.6 is 11.6 Å². The predicted octanol–water partition coefficient (Wildman–Crippen LogP) is 4.13. The Hall–Kier alpha value is -2.99. The normalized spacial score (nSPS) is 11.2. The van der Waals surface area contributed by atoms with E-state index in [4.69, 9.17) is 11.6 Å². The van der Waals surface area contributed by atoms with E-state index in [-0.39, 0.29) is 0 Å². The van der Waals surface area contributed by atoms with Crippen LogP contribution in [-0.4, -0.2) is 31.2 Å². The van der Waals surface area contributed by atoms with Crippen LogP contribution in [0.15, 0.2) is 42.5 Å². The molecule has 4 rings (SSSR count). The van der Waals surface area contributed by atoms with Gasteiger partial charge in [0, 0.05) is 21.7 Å². The van der Waals surface area contributed by atoms with Gasteiger partial charge in [-0.15, -0.1) is 10.2 Å². The lowest BCUT2D eigenvalue weighted by atomic mass is 10.0. The molecule has 0 fully saturated rings. The molecule has 0 aliphatic rings. The van der Waals surface area contributed by atoms with E-state index < -0.39 is 6.09 Å². The number of rotatable bonds is 1. The van der Waals surface area contributed by atoms with Crippen molar-refractivity contribution in [3.63, 3.8) is 0 Å². The molecule has 0 unspecified atom stereocenters. The minimum atomic E-state index is -1.13. The Labute approximate surface area is 141 Å². The first kappa shape index (κ1) is 14.6. The number of hydrogen-bond acceptors (Lipinski definition) is 4. The molecule has 0 spiro atoms. The van der Waals surface area contributed by atoms with Crippen LogP contribution in [0.4, 0.5) is 4.79 Å². The van der Waals surface area contributed by atoms with Gasteiger partial charge < -0.3 is 5.11 Å². The Bertz CT molecular complexity index is 1120. The Balaban J connectivity index is 2.03. The molecule has 0 bridgehead atoms. The van der Waals surface area contributed by atoms with Gasteiger partial charge in [-0.3, -0.25) is 0 Å². The predicted molar refractivity (Wildman–Crippen MR) is 91.4 cm³/mol. The summed E-state index contributed by atoms with van der Waals surface area (Å²) in [6.45, 7) is 1.78. The average Bonchev–Trinajstić information content (AvgIpc) is 2.92. The van der Waals surface area contributed by atoms with Crippen molar-refractivity contribution in [1.29, 1.82) is 0 Å². The molecule has 7 heteroatoms. The second kappa shape index (κ2) is 5.28. The quantitative estimate of drug-likeness (QED) is 0.564. The maximum atomic E-state index is 11.4. The third-order valence-electron chi connectivity index (χ3n) is 3.96. The summed E-state index contributed by atoms with van der Waals surface area (Å²) in [6, 6.07) is 13.0. The topological polar surface area (TPSA) is 80.9 Å². The fraction of sp³-hybridized carbons (Fsp3) is 0.0588. The zero-order chi connectivity index (χ0) is 16.8. The van der Waals surface area contributed by atoms with Crippen molar-refractivity contribution >= 4 is 39.4 Å². The SMILES string of the molecule is Cc1nn(C(=O)O)c2cc(-c3nnc(Cl)c4ccccc34)ccc12. The monoisotopic (exact) mass is 338 g/mol. The summed E-state index contributed by atoms with van der Waals surface area (Å²) in [4.78, 5) is 11.4. The maximum Gasteiger partial charge on any atom is 0.432 e. The van der Waals surface area contributed by atoms with Gasteiger partial charge in [0.25, 0.3) is 0 Å². The number of aromatic nitrogens is 4. The van der Waals surface area contributed by atoms with Crippen LogP contribution in [0.5, 0.6) is 0 Å². The highest BCUT2D eigenvalue weighted by Gasteiger charge is 2.15. The fourth-order valence-corrected chi connectivity index (χ4v) is 3.05. The van der Waals surface area contributed by atoms with Gasteiger partial charge in [-0.25, -0.2) is 4.79 Å². The van der Waals surface area contributed by atoms with E-state index in [2.05, 4.69) is 15.3 Å². The van der Waals surface area contributed by atoms with Crippen LogP contribution in [-0.2, 0) is 0 Å². The number of benzene rings is 2. The largest absolute Gasteiger partial charge is 0.463 e. The summed E-state index contributed by atoms with van der Waals surface area (Å²) in [7, 11) is 0. The van der Waals surface area contributed by atoms with E-state index in [0.29, 0.717) is 22.1 Å².